The fourth-order valence-corrected chi connectivity index (χ4v) is 9.40. The second-order valence-electron chi connectivity index (χ2n) is 12.7. The van der Waals surface area contributed by atoms with Gasteiger partial charge in [0, 0.05) is 6.92 Å². The van der Waals surface area contributed by atoms with Crippen LogP contribution in [0, 0.1) is 39.9 Å². The lowest BCUT2D eigenvalue weighted by Crippen LogP contribution is -2.55. The minimum absolute atomic E-state index is 0.0959. The first-order valence-electron chi connectivity index (χ1n) is 13.5. The zero-order chi connectivity index (χ0) is 22.6. The van der Waals surface area contributed by atoms with Crippen LogP contribution < -0.4 is 0 Å². The van der Waals surface area contributed by atoms with Crippen molar-refractivity contribution in [1.29, 1.82) is 0 Å². The summed E-state index contributed by atoms with van der Waals surface area (Å²) in [5.74, 6) is 3.36. The molecule has 4 aliphatic carbocycles. The third kappa shape index (κ3) is 3.55. The maximum Gasteiger partial charge on any atom is 0.302 e. The van der Waals surface area contributed by atoms with Gasteiger partial charge in [-0.05, 0) is 116 Å². The molecular formula is C30H44O2. The second kappa shape index (κ2) is 8.17. The van der Waals surface area contributed by atoms with E-state index in [1.807, 2.05) is 0 Å². The first kappa shape index (κ1) is 22.5. The lowest BCUT2D eigenvalue weighted by Gasteiger charge is -2.62. The van der Waals surface area contributed by atoms with E-state index in [4.69, 9.17) is 4.74 Å². The summed E-state index contributed by atoms with van der Waals surface area (Å²) in [7, 11) is 0. The number of rotatable bonds is 4. The predicted molar refractivity (Wildman–Crippen MR) is 130 cm³/mol. The van der Waals surface area contributed by atoms with E-state index in [1.165, 1.54) is 63.4 Å². The predicted octanol–water partition coefficient (Wildman–Crippen LogP) is 7.60. The molecule has 1 aromatic carbocycles. The molecule has 2 nitrogen and oxygen atoms in total. The number of hydrogen-bond donors (Lipinski definition) is 0. The van der Waals surface area contributed by atoms with Gasteiger partial charge in [0.1, 0.15) is 6.10 Å². The number of ether oxygens (including phenoxy) is 1. The average Bonchev–Trinajstić information content (AvgIpc) is 3.04. The largest absolute Gasteiger partial charge is 0.463 e. The van der Waals surface area contributed by atoms with Crippen LogP contribution in [0.3, 0.4) is 0 Å². The highest BCUT2D eigenvalue weighted by Crippen LogP contribution is 2.71. The molecule has 32 heavy (non-hydrogen) atoms. The third-order valence-electron chi connectivity index (χ3n) is 11.5. The van der Waals surface area contributed by atoms with Gasteiger partial charge in [-0.25, -0.2) is 0 Å². The monoisotopic (exact) mass is 436 g/mol. The molecule has 0 aliphatic heterocycles. The molecule has 0 amide bonds. The van der Waals surface area contributed by atoms with Crippen LogP contribution in [0.4, 0.5) is 0 Å². The normalized spacial score (nSPS) is 45.4. The molecular weight excluding hydrogens is 392 g/mol. The van der Waals surface area contributed by atoms with Crippen LogP contribution in [-0.2, 0) is 16.0 Å². The highest BCUT2D eigenvalue weighted by Gasteiger charge is 2.63. The molecule has 0 unspecified atom stereocenters. The summed E-state index contributed by atoms with van der Waals surface area (Å²) in [6.07, 6.45) is 14.6. The Kier molecular flexibility index (Phi) is 5.74. The topological polar surface area (TPSA) is 26.3 Å². The van der Waals surface area contributed by atoms with Crippen LogP contribution in [-0.4, -0.2) is 12.1 Å². The van der Waals surface area contributed by atoms with Gasteiger partial charge in [0.05, 0.1) is 0 Å². The molecule has 4 fully saturated rings. The maximum absolute atomic E-state index is 11.5. The number of aryl methyl sites for hydroxylation is 1. The Morgan fingerprint density at radius 2 is 1.69 bits per heavy atom. The number of carbonyl (C=O) groups excluding carboxylic acids is 1. The maximum atomic E-state index is 11.5. The quantitative estimate of drug-likeness (QED) is 0.454. The summed E-state index contributed by atoms with van der Waals surface area (Å²) in [4.78, 5) is 11.5. The Hall–Kier alpha value is -1.31. The lowest BCUT2D eigenvalue weighted by atomic mass is 9.43. The molecule has 0 N–H and O–H groups in total. The molecule has 0 spiro atoms. The third-order valence-corrected chi connectivity index (χ3v) is 11.5. The van der Waals surface area contributed by atoms with E-state index in [-0.39, 0.29) is 12.1 Å². The number of fused-ring (bicyclic) bond motifs is 5. The van der Waals surface area contributed by atoms with E-state index in [9.17, 15) is 4.79 Å². The van der Waals surface area contributed by atoms with Crippen molar-refractivity contribution in [3.05, 3.63) is 35.9 Å². The van der Waals surface area contributed by atoms with Gasteiger partial charge in [0.25, 0.3) is 0 Å². The minimum Gasteiger partial charge on any atom is -0.463 e. The molecule has 2 heteroatoms. The Balaban J connectivity index is 1.31. The zero-order valence-corrected chi connectivity index (χ0v) is 20.9. The number of benzene rings is 1. The zero-order valence-electron chi connectivity index (χ0n) is 20.9. The van der Waals surface area contributed by atoms with Crippen molar-refractivity contribution in [2.45, 2.75) is 104 Å². The standard InChI is InChI=1S/C30H44O2/c1-21(31)32-24-13-18-29(3)23(20-24)10-11-25-26(29)15-19-30(4)27(25)14-17-28(30,2)16-12-22-8-6-5-7-9-22/h5-9,23-27H,10-20H2,1-4H3/t23-,24+,25-,26+,27-,28-,29-,30-/m1/s1. The lowest BCUT2D eigenvalue weighted by molar-refractivity contribution is -0.162. The number of hydrogen-bond acceptors (Lipinski definition) is 2. The highest BCUT2D eigenvalue weighted by atomic mass is 16.5. The van der Waals surface area contributed by atoms with Gasteiger partial charge in [0.15, 0.2) is 0 Å². The van der Waals surface area contributed by atoms with Crippen LogP contribution in [0.25, 0.3) is 0 Å². The van der Waals surface area contributed by atoms with Crippen LogP contribution in [0.2, 0.25) is 0 Å². The van der Waals surface area contributed by atoms with E-state index in [1.54, 1.807) is 6.92 Å². The summed E-state index contributed by atoms with van der Waals surface area (Å²) in [5, 5.41) is 0. The smallest absolute Gasteiger partial charge is 0.302 e. The van der Waals surface area contributed by atoms with Crippen molar-refractivity contribution in [3.8, 4) is 0 Å². The Morgan fingerprint density at radius 3 is 2.44 bits per heavy atom. The molecule has 0 bridgehead atoms. The Bertz CT molecular complexity index is 832. The summed E-state index contributed by atoms with van der Waals surface area (Å²) in [6, 6.07) is 11.1. The highest BCUT2D eigenvalue weighted by molar-refractivity contribution is 5.66. The van der Waals surface area contributed by atoms with Crippen LogP contribution in [0.15, 0.2) is 30.3 Å². The van der Waals surface area contributed by atoms with E-state index < -0.39 is 0 Å². The SMILES string of the molecule is CC(=O)O[C@H]1CC[C@]2(C)[C@H](CC[C@H]3[C@H]4CC[C@@](C)(CCc5ccccc5)[C@]4(C)CC[C@@H]32)C1. The molecule has 8 atom stereocenters. The molecule has 0 heterocycles. The first-order chi connectivity index (χ1) is 15.3. The number of esters is 1. The van der Waals surface area contributed by atoms with Gasteiger partial charge in [0.2, 0.25) is 0 Å². The summed E-state index contributed by atoms with van der Waals surface area (Å²) >= 11 is 0. The van der Waals surface area contributed by atoms with Crippen LogP contribution in [0.5, 0.6) is 0 Å². The van der Waals surface area contributed by atoms with Crippen LogP contribution in [0.1, 0.15) is 97.5 Å². The summed E-state index contributed by atoms with van der Waals surface area (Å²) in [5.41, 5.74) is 2.95. The Labute approximate surface area is 195 Å². The molecule has 0 aromatic heterocycles. The van der Waals surface area contributed by atoms with Crippen molar-refractivity contribution >= 4 is 5.97 Å². The van der Waals surface area contributed by atoms with Gasteiger partial charge in [-0.15, -0.1) is 0 Å². The molecule has 1 aromatic rings. The van der Waals surface area contributed by atoms with Gasteiger partial charge in [-0.2, -0.15) is 0 Å². The van der Waals surface area contributed by atoms with Gasteiger partial charge in [-0.1, -0.05) is 51.1 Å². The van der Waals surface area contributed by atoms with Crippen LogP contribution >= 0.6 is 0 Å². The fraction of sp³-hybridized carbons (Fsp3) is 0.767. The van der Waals surface area contributed by atoms with Crippen molar-refractivity contribution < 1.29 is 9.53 Å². The summed E-state index contributed by atoms with van der Waals surface area (Å²) in [6.45, 7) is 9.50. The molecule has 4 aliphatic rings. The van der Waals surface area contributed by atoms with E-state index in [2.05, 4.69) is 51.1 Å². The average molecular weight is 437 g/mol. The van der Waals surface area contributed by atoms with Crippen molar-refractivity contribution in [1.82, 2.24) is 0 Å². The van der Waals surface area contributed by atoms with Crippen molar-refractivity contribution in [2.75, 3.05) is 0 Å². The van der Waals surface area contributed by atoms with Gasteiger partial charge in [-0.3, -0.25) is 4.79 Å². The minimum atomic E-state index is -0.0959. The van der Waals surface area contributed by atoms with Crippen molar-refractivity contribution in [3.63, 3.8) is 0 Å². The molecule has 5 rings (SSSR count). The van der Waals surface area contributed by atoms with Gasteiger partial charge < -0.3 is 4.74 Å². The Morgan fingerprint density at radius 1 is 0.938 bits per heavy atom. The fourth-order valence-electron chi connectivity index (χ4n) is 9.40. The van der Waals surface area contributed by atoms with E-state index in [0.717, 1.165) is 36.5 Å². The van der Waals surface area contributed by atoms with Gasteiger partial charge >= 0.3 is 5.97 Å². The van der Waals surface area contributed by atoms with E-state index in [0.29, 0.717) is 16.2 Å². The molecule has 4 saturated carbocycles. The molecule has 0 saturated heterocycles. The van der Waals surface area contributed by atoms with E-state index >= 15 is 0 Å². The van der Waals surface area contributed by atoms with Crippen molar-refractivity contribution in [2.24, 2.45) is 39.9 Å². The molecule has 0 radical (unpaired) electrons. The second-order valence-corrected chi connectivity index (χ2v) is 12.7. The molecule has 176 valence electrons. The number of carbonyl (C=O) groups is 1. The first-order valence-corrected chi connectivity index (χ1v) is 13.5. The summed E-state index contributed by atoms with van der Waals surface area (Å²) < 4.78 is 5.66.